The molecule has 0 radical (unpaired) electrons. The fraction of sp³-hybridized carbons (Fsp3) is 0.929. The summed E-state index contributed by atoms with van der Waals surface area (Å²) < 4.78 is 0. The largest absolute Gasteiger partial charge is 0.481 e. The predicted molar refractivity (Wildman–Crippen MR) is 129 cm³/mol. The molecule has 2 aliphatic rings. The molecule has 2 saturated carbocycles. The van der Waals surface area contributed by atoms with Crippen molar-refractivity contribution in [2.75, 3.05) is 0 Å². The number of carboxylic acid groups (broad SMARTS) is 1. The molecule has 2 rings (SSSR count). The van der Waals surface area contributed by atoms with Crippen LogP contribution in [-0.2, 0) is 9.59 Å². The highest BCUT2D eigenvalue weighted by atomic mass is 16.4. The maximum atomic E-state index is 12.9. The number of carboxylic acids is 1. The number of carbonyl (C=O) groups excluding carboxylic acids is 1. The average Bonchev–Trinajstić information content (AvgIpc) is 2.70. The Labute approximate surface area is 192 Å². The Kier molecular flexibility index (Phi) is 9.23. The zero-order valence-corrected chi connectivity index (χ0v) is 21.5. The minimum absolute atomic E-state index is 0.117. The Hall–Kier alpha value is -0.860. The highest BCUT2D eigenvalue weighted by Gasteiger charge is 2.53. The van der Waals surface area contributed by atoms with E-state index in [1.54, 1.807) is 0 Å². The quantitative estimate of drug-likeness (QED) is 0.361. The van der Waals surface area contributed by atoms with Gasteiger partial charge in [0.15, 0.2) is 0 Å². The molecule has 3 nitrogen and oxygen atoms in total. The van der Waals surface area contributed by atoms with Crippen LogP contribution in [0.1, 0.15) is 119 Å². The maximum absolute atomic E-state index is 12.9. The lowest BCUT2D eigenvalue weighted by Crippen LogP contribution is -2.50. The van der Waals surface area contributed by atoms with Gasteiger partial charge in [-0.1, -0.05) is 67.7 Å². The van der Waals surface area contributed by atoms with E-state index in [-0.39, 0.29) is 6.42 Å². The Morgan fingerprint density at radius 3 is 2.32 bits per heavy atom. The molecular formula is C28H50O3. The number of hydrogen-bond acceptors (Lipinski definition) is 2. The zero-order chi connectivity index (χ0) is 23.4. The first-order chi connectivity index (χ1) is 14.5. The van der Waals surface area contributed by atoms with Gasteiger partial charge in [-0.15, -0.1) is 0 Å². The zero-order valence-electron chi connectivity index (χ0n) is 21.5. The third kappa shape index (κ3) is 5.93. The van der Waals surface area contributed by atoms with Gasteiger partial charge in [0, 0.05) is 18.3 Å². The summed E-state index contributed by atoms with van der Waals surface area (Å²) in [4.78, 5) is 24.1. The molecule has 3 heteroatoms. The van der Waals surface area contributed by atoms with Gasteiger partial charge in [-0.05, 0) is 79.4 Å². The predicted octanol–water partition coefficient (Wildman–Crippen LogP) is 7.77. The molecule has 0 saturated heterocycles. The summed E-state index contributed by atoms with van der Waals surface area (Å²) in [6.45, 7) is 16.5. The first-order valence-corrected chi connectivity index (χ1v) is 13.2. The molecule has 2 fully saturated rings. The lowest BCUT2D eigenvalue weighted by Gasteiger charge is -2.55. The number of hydrogen-bond donors (Lipinski definition) is 1. The van der Waals surface area contributed by atoms with Gasteiger partial charge in [0.05, 0.1) is 0 Å². The van der Waals surface area contributed by atoms with Gasteiger partial charge in [0.2, 0.25) is 0 Å². The number of aliphatic carboxylic acids is 1. The molecule has 0 heterocycles. The topological polar surface area (TPSA) is 54.4 Å². The average molecular weight is 435 g/mol. The number of rotatable bonds is 11. The lowest BCUT2D eigenvalue weighted by atomic mass is 9.49. The highest BCUT2D eigenvalue weighted by Crippen LogP contribution is 2.58. The fourth-order valence-electron chi connectivity index (χ4n) is 7.81. The molecule has 0 aliphatic heterocycles. The van der Waals surface area contributed by atoms with E-state index >= 15 is 0 Å². The molecule has 7 atom stereocenters. The van der Waals surface area contributed by atoms with E-state index in [0.717, 1.165) is 36.5 Å². The molecule has 0 aromatic carbocycles. The van der Waals surface area contributed by atoms with Gasteiger partial charge in [-0.2, -0.15) is 0 Å². The SMILES string of the molecule is CCC(CCC(C)C(CC)C1(C)CCC2C(CCC(=O)C2(C)CCC(=O)O)C1)C(C)C. The van der Waals surface area contributed by atoms with E-state index in [1.807, 2.05) is 0 Å². The van der Waals surface area contributed by atoms with Crippen LogP contribution < -0.4 is 0 Å². The second-order valence-corrected chi connectivity index (χ2v) is 12.0. The Balaban J connectivity index is 2.10. The summed E-state index contributed by atoms with van der Waals surface area (Å²) in [6.07, 6.45) is 11.0. The van der Waals surface area contributed by atoms with Gasteiger partial charge in [-0.25, -0.2) is 0 Å². The number of fused-ring (bicyclic) bond motifs is 1. The second-order valence-electron chi connectivity index (χ2n) is 12.0. The van der Waals surface area contributed by atoms with Crippen LogP contribution in [-0.4, -0.2) is 16.9 Å². The van der Waals surface area contributed by atoms with Crippen molar-refractivity contribution in [2.24, 2.45) is 46.3 Å². The molecule has 0 bridgehead atoms. The summed E-state index contributed by atoms with van der Waals surface area (Å²) in [7, 11) is 0. The fourth-order valence-corrected chi connectivity index (χ4v) is 7.81. The van der Waals surface area contributed by atoms with Crippen LogP contribution >= 0.6 is 0 Å². The van der Waals surface area contributed by atoms with Crippen LogP contribution in [0.2, 0.25) is 0 Å². The van der Waals surface area contributed by atoms with Crippen molar-refractivity contribution < 1.29 is 14.7 Å². The summed E-state index contributed by atoms with van der Waals surface area (Å²) >= 11 is 0. The van der Waals surface area contributed by atoms with E-state index in [1.165, 1.54) is 38.5 Å². The van der Waals surface area contributed by atoms with E-state index in [0.29, 0.717) is 35.9 Å². The van der Waals surface area contributed by atoms with Crippen LogP contribution in [0, 0.1) is 46.3 Å². The van der Waals surface area contributed by atoms with Crippen molar-refractivity contribution in [3.05, 3.63) is 0 Å². The van der Waals surface area contributed by atoms with E-state index in [2.05, 4.69) is 48.5 Å². The van der Waals surface area contributed by atoms with Crippen LogP contribution in [0.25, 0.3) is 0 Å². The molecule has 180 valence electrons. The number of Topliss-reactive ketones (excluding diaryl/α,β-unsaturated/α-hetero) is 1. The molecular weight excluding hydrogens is 384 g/mol. The summed E-state index contributed by atoms with van der Waals surface area (Å²) in [5.41, 5.74) is -0.0788. The third-order valence-electron chi connectivity index (χ3n) is 9.86. The Morgan fingerprint density at radius 1 is 1.10 bits per heavy atom. The van der Waals surface area contributed by atoms with Crippen LogP contribution in [0.15, 0.2) is 0 Å². The van der Waals surface area contributed by atoms with Crippen LogP contribution in [0.5, 0.6) is 0 Å². The smallest absolute Gasteiger partial charge is 0.303 e. The second kappa shape index (κ2) is 10.8. The van der Waals surface area contributed by atoms with E-state index in [9.17, 15) is 14.7 Å². The molecule has 2 aliphatic carbocycles. The lowest BCUT2D eigenvalue weighted by molar-refractivity contribution is -0.146. The maximum Gasteiger partial charge on any atom is 0.303 e. The third-order valence-corrected chi connectivity index (χ3v) is 9.86. The van der Waals surface area contributed by atoms with Gasteiger partial charge in [-0.3, -0.25) is 9.59 Å². The summed E-state index contributed by atoms with van der Waals surface area (Å²) in [6, 6.07) is 0. The van der Waals surface area contributed by atoms with Crippen molar-refractivity contribution in [3.8, 4) is 0 Å². The first-order valence-electron chi connectivity index (χ1n) is 13.2. The monoisotopic (exact) mass is 434 g/mol. The van der Waals surface area contributed by atoms with Crippen molar-refractivity contribution in [1.82, 2.24) is 0 Å². The minimum atomic E-state index is -0.775. The summed E-state index contributed by atoms with van der Waals surface area (Å²) in [5.74, 6) is 3.58. The Bertz CT molecular complexity index is 611. The van der Waals surface area contributed by atoms with Gasteiger partial charge >= 0.3 is 5.97 Å². The van der Waals surface area contributed by atoms with Crippen LogP contribution in [0.4, 0.5) is 0 Å². The molecule has 0 aromatic rings. The van der Waals surface area contributed by atoms with Crippen molar-refractivity contribution in [2.45, 2.75) is 119 Å². The molecule has 0 aromatic heterocycles. The van der Waals surface area contributed by atoms with Crippen LogP contribution in [0.3, 0.4) is 0 Å². The molecule has 0 spiro atoms. The standard InChI is InChI=1S/C28H50O3/c1-8-21(19(3)4)11-10-20(5)23(9-2)27(6)16-14-24-22(18-27)12-13-25(29)28(24,7)17-15-26(30)31/h19-24H,8-18H2,1-7H3,(H,30,31). The van der Waals surface area contributed by atoms with Gasteiger partial charge < -0.3 is 5.11 Å². The van der Waals surface area contributed by atoms with Crippen molar-refractivity contribution >= 4 is 11.8 Å². The first kappa shape index (κ1) is 26.4. The van der Waals surface area contributed by atoms with Crippen molar-refractivity contribution in [1.29, 1.82) is 0 Å². The van der Waals surface area contributed by atoms with E-state index in [4.69, 9.17) is 0 Å². The molecule has 7 unspecified atom stereocenters. The molecule has 31 heavy (non-hydrogen) atoms. The molecule has 0 amide bonds. The normalized spacial score (nSPS) is 34.3. The van der Waals surface area contributed by atoms with Gasteiger partial charge in [0.25, 0.3) is 0 Å². The summed E-state index contributed by atoms with van der Waals surface area (Å²) in [5, 5.41) is 9.22. The highest BCUT2D eigenvalue weighted by molar-refractivity contribution is 5.86. The number of carbonyl (C=O) groups is 2. The van der Waals surface area contributed by atoms with E-state index < -0.39 is 11.4 Å². The number of ketones is 1. The van der Waals surface area contributed by atoms with Gasteiger partial charge in [0.1, 0.15) is 5.78 Å². The van der Waals surface area contributed by atoms with Crippen molar-refractivity contribution in [3.63, 3.8) is 0 Å². The molecule has 1 N–H and O–H groups in total. The minimum Gasteiger partial charge on any atom is -0.481 e. The Morgan fingerprint density at radius 2 is 1.77 bits per heavy atom.